The Labute approximate surface area is 138 Å². The Morgan fingerprint density at radius 3 is 2.48 bits per heavy atom. The van der Waals surface area contributed by atoms with Gasteiger partial charge in [-0.2, -0.15) is 0 Å². The van der Waals surface area contributed by atoms with Crippen molar-refractivity contribution >= 4 is 11.6 Å². The van der Waals surface area contributed by atoms with E-state index < -0.39 is 0 Å². The Morgan fingerprint density at radius 1 is 1.13 bits per heavy atom. The average Bonchev–Trinajstić information content (AvgIpc) is 2.51. The molecule has 0 heterocycles. The summed E-state index contributed by atoms with van der Waals surface area (Å²) in [5, 5.41) is 3.01. The molecule has 2 rings (SSSR count). The third kappa shape index (κ3) is 5.11. The van der Waals surface area contributed by atoms with E-state index in [1.165, 1.54) is 5.56 Å². The van der Waals surface area contributed by atoms with Gasteiger partial charge in [-0.15, -0.1) is 0 Å². The van der Waals surface area contributed by atoms with Gasteiger partial charge in [-0.25, -0.2) is 0 Å². The fourth-order valence-corrected chi connectivity index (χ4v) is 2.49. The number of hydrogen-bond acceptors (Lipinski definition) is 2. The fourth-order valence-electron chi connectivity index (χ4n) is 2.49. The van der Waals surface area contributed by atoms with Crippen molar-refractivity contribution in [2.24, 2.45) is 0 Å². The van der Waals surface area contributed by atoms with Crippen LogP contribution in [-0.4, -0.2) is 26.6 Å². The van der Waals surface area contributed by atoms with E-state index in [0.717, 1.165) is 34.0 Å². The summed E-state index contributed by atoms with van der Waals surface area (Å²) in [6, 6.07) is 14.0. The molecular weight excluding hydrogens is 288 g/mol. The van der Waals surface area contributed by atoms with Crippen LogP contribution in [0.15, 0.2) is 42.5 Å². The molecule has 2 aromatic rings. The van der Waals surface area contributed by atoms with Gasteiger partial charge in [0.05, 0.1) is 14.2 Å². The van der Waals surface area contributed by atoms with Gasteiger partial charge in [-0.1, -0.05) is 12.1 Å². The van der Waals surface area contributed by atoms with Crippen LogP contribution >= 0.6 is 0 Å². The maximum absolute atomic E-state index is 12.2. The van der Waals surface area contributed by atoms with Crippen molar-refractivity contribution in [1.82, 2.24) is 0 Å². The second kappa shape index (κ2) is 7.79. The van der Waals surface area contributed by atoms with Crippen LogP contribution < -0.4 is 15.0 Å². The Balaban J connectivity index is 1.90. The molecular formula is C19H25N2O2+. The van der Waals surface area contributed by atoms with Gasteiger partial charge in [-0.3, -0.25) is 4.79 Å². The van der Waals surface area contributed by atoms with Gasteiger partial charge in [0.1, 0.15) is 12.3 Å². The number of anilines is 1. The number of quaternary nitrogens is 1. The lowest BCUT2D eigenvalue weighted by Crippen LogP contribution is -3.08. The van der Waals surface area contributed by atoms with Gasteiger partial charge in [0, 0.05) is 11.3 Å². The smallest absolute Gasteiger partial charge is 0.279 e. The van der Waals surface area contributed by atoms with E-state index in [9.17, 15) is 4.79 Å². The summed E-state index contributed by atoms with van der Waals surface area (Å²) in [5.41, 5.74) is 4.30. The summed E-state index contributed by atoms with van der Waals surface area (Å²) in [6.45, 7) is 5.25. The lowest BCUT2D eigenvalue weighted by atomic mass is 10.1. The SMILES string of the molecule is COc1ccc(C[NH+](C)CC(=O)Nc2cc(C)ccc2C)cc1. The maximum atomic E-state index is 12.2. The van der Waals surface area contributed by atoms with Crippen molar-refractivity contribution in [2.75, 3.05) is 26.0 Å². The molecule has 2 aromatic carbocycles. The maximum Gasteiger partial charge on any atom is 0.279 e. The number of hydrogen-bond donors (Lipinski definition) is 2. The van der Waals surface area contributed by atoms with Crippen LogP contribution in [0.3, 0.4) is 0 Å². The third-order valence-electron chi connectivity index (χ3n) is 3.79. The standard InChI is InChI=1S/C19H24N2O2/c1-14-5-6-15(2)18(11-14)20-19(22)13-21(3)12-16-7-9-17(23-4)10-8-16/h5-11H,12-13H2,1-4H3,(H,20,22)/p+1. The molecule has 0 aliphatic heterocycles. The normalized spacial score (nSPS) is 11.8. The molecule has 4 heteroatoms. The van der Waals surface area contributed by atoms with Gasteiger partial charge in [0.15, 0.2) is 6.54 Å². The molecule has 1 amide bonds. The summed E-state index contributed by atoms with van der Waals surface area (Å²) in [5.74, 6) is 0.879. The average molecular weight is 313 g/mol. The lowest BCUT2D eigenvalue weighted by Gasteiger charge is -2.15. The minimum absolute atomic E-state index is 0.0321. The molecule has 1 atom stereocenters. The summed E-state index contributed by atoms with van der Waals surface area (Å²) in [7, 11) is 3.68. The molecule has 0 spiro atoms. The molecule has 1 unspecified atom stereocenters. The number of carbonyl (C=O) groups excluding carboxylic acids is 1. The summed E-state index contributed by atoms with van der Waals surface area (Å²) in [6.07, 6.45) is 0. The number of nitrogens with one attached hydrogen (secondary N) is 2. The van der Waals surface area contributed by atoms with E-state index in [1.807, 2.05) is 63.4 Å². The molecule has 2 N–H and O–H groups in total. The zero-order valence-electron chi connectivity index (χ0n) is 14.3. The highest BCUT2D eigenvalue weighted by atomic mass is 16.5. The number of aryl methyl sites for hydroxylation is 2. The highest BCUT2D eigenvalue weighted by Gasteiger charge is 2.12. The van der Waals surface area contributed by atoms with E-state index in [-0.39, 0.29) is 5.91 Å². The van der Waals surface area contributed by atoms with E-state index in [4.69, 9.17) is 4.74 Å². The molecule has 0 aliphatic carbocycles. The minimum atomic E-state index is 0.0321. The van der Waals surface area contributed by atoms with Crippen molar-refractivity contribution in [3.8, 4) is 5.75 Å². The van der Waals surface area contributed by atoms with Crippen molar-refractivity contribution in [3.63, 3.8) is 0 Å². The number of rotatable bonds is 6. The predicted molar refractivity (Wildman–Crippen MR) is 93.0 cm³/mol. The molecule has 0 aliphatic rings. The van der Waals surface area contributed by atoms with Crippen LogP contribution in [0.2, 0.25) is 0 Å². The quantitative estimate of drug-likeness (QED) is 0.856. The van der Waals surface area contributed by atoms with Crippen molar-refractivity contribution in [1.29, 1.82) is 0 Å². The Morgan fingerprint density at radius 2 is 1.83 bits per heavy atom. The topological polar surface area (TPSA) is 42.8 Å². The van der Waals surface area contributed by atoms with E-state index in [2.05, 4.69) is 5.32 Å². The van der Waals surface area contributed by atoms with Crippen LogP contribution in [0, 0.1) is 13.8 Å². The zero-order valence-corrected chi connectivity index (χ0v) is 14.3. The number of likely N-dealkylation sites (N-methyl/N-ethyl adjacent to an activating group) is 1. The molecule has 0 saturated carbocycles. The van der Waals surface area contributed by atoms with Gasteiger partial charge in [-0.05, 0) is 55.3 Å². The van der Waals surface area contributed by atoms with Gasteiger partial charge < -0.3 is 15.0 Å². The zero-order chi connectivity index (χ0) is 16.8. The van der Waals surface area contributed by atoms with Gasteiger partial charge in [0.2, 0.25) is 0 Å². The van der Waals surface area contributed by atoms with E-state index in [1.54, 1.807) is 7.11 Å². The van der Waals surface area contributed by atoms with Crippen LogP contribution in [0.4, 0.5) is 5.69 Å². The second-order valence-corrected chi connectivity index (χ2v) is 6.03. The predicted octanol–water partition coefficient (Wildman–Crippen LogP) is 1.97. The first-order chi connectivity index (χ1) is 11.0. The van der Waals surface area contributed by atoms with Crippen LogP contribution in [-0.2, 0) is 11.3 Å². The monoisotopic (exact) mass is 313 g/mol. The van der Waals surface area contributed by atoms with E-state index >= 15 is 0 Å². The Hall–Kier alpha value is -2.33. The molecule has 122 valence electrons. The first kappa shape index (κ1) is 17.0. The van der Waals surface area contributed by atoms with Crippen molar-refractivity contribution in [3.05, 3.63) is 59.2 Å². The first-order valence-electron chi connectivity index (χ1n) is 7.79. The number of benzene rings is 2. The van der Waals surface area contributed by atoms with Crippen LogP contribution in [0.25, 0.3) is 0 Å². The molecule has 0 aromatic heterocycles. The Kier molecular flexibility index (Phi) is 5.77. The minimum Gasteiger partial charge on any atom is -0.497 e. The number of methoxy groups -OCH3 is 1. The Bertz CT molecular complexity index is 666. The highest BCUT2D eigenvalue weighted by Crippen LogP contribution is 2.15. The highest BCUT2D eigenvalue weighted by molar-refractivity contribution is 5.92. The van der Waals surface area contributed by atoms with Crippen LogP contribution in [0.5, 0.6) is 5.75 Å². The van der Waals surface area contributed by atoms with Crippen molar-refractivity contribution < 1.29 is 14.4 Å². The lowest BCUT2D eigenvalue weighted by molar-refractivity contribution is -0.885. The first-order valence-corrected chi connectivity index (χ1v) is 7.79. The van der Waals surface area contributed by atoms with Crippen LogP contribution in [0.1, 0.15) is 16.7 Å². The number of ether oxygens (including phenoxy) is 1. The molecule has 4 nitrogen and oxygen atoms in total. The molecule has 0 fully saturated rings. The molecule has 0 bridgehead atoms. The number of amides is 1. The molecule has 0 radical (unpaired) electrons. The van der Waals surface area contributed by atoms with Crippen molar-refractivity contribution in [2.45, 2.75) is 20.4 Å². The summed E-state index contributed by atoms with van der Waals surface area (Å²) in [4.78, 5) is 13.4. The fraction of sp³-hybridized carbons (Fsp3) is 0.316. The second-order valence-electron chi connectivity index (χ2n) is 6.03. The summed E-state index contributed by atoms with van der Waals surface area (Å²) >= 11 is 0. The molecule has 0 saturated heterocycles. The largest absolute Gasteiger partial charge is 0.497 e. The van der Waals surface area contributed by atoms with E-state index in [0.29, 0.717) is 6.54 Å². The molecule has 23 heavy (non-hydrogen) atoms. The number of carbonyl (C=O) groups is 1. The summed E-state index contributed by atoms with van der Waals surface area (Å²) < 4.78 is 5.15. The van der Waals surface area contributed by atoms with Gasteiger partial charge >= 0.3 is 0 Å². The third-order valence-corrected chi connectivity index (χ3v) is 3.79. The van der Waals surface area contributed by atoms with Gasteiger partial charge in [0.25, 0.3) is 5.91 Å².